The third-order valence-electron chi connectivity index (χ3n) is 7.50. The van der Waals surface area contributed by atoms with E-state index >= 15 is 0 Å². The first-order chi connectivity index (χ1) is 15.0. The fourth-order valence-corrected chi connectivity index (χ4v) is 6.69. The molecule has 0 saturated heterocycles. The number of aromatic nitrogens is 1. The molecule has 1 heteroatoms. The normalized spacial score (nSPS) is 31.4. The van der Waals surface area contributed by atoms with Gasteiger partial charge >= 0.3 is 0 Å². The molecule has 4 bridgehead atoms. The van der Waals surface area contributed by atoms with Crippen molar-refractivity contribution in [3.63, 3.8) is 0 Å². The number of benzene rings is 2. The Kier molecular flexibility index (Phi) is 3.64. The van der Waals surface area contributed by atoms with Gasteiger partial charge in [-0.25, -0.2) is 0 Å². The summed E-state index contributed by atoms with van der Waals surface area (Å²) in [5.41, 5.74) is 5.02. The molecule has 3 aromatic rings. The van der Waals surface area contributed by atoms with E-state index in [1.165, 1.54) is 19.3 Å². The van der Waals surface area contributed by atoms with Crippen molar-refractivity contribution in [2.75, 3.05) is 0 Å². The first-order valence-electron chi connectivity index (χ1n) is 12.1. The summed E-state index contributed by atoms with van der Waals surface area (Å²) in [5.74, 6) is 2.27. The van der Waals surface area contributed by atoms with Gasteiger partial charge in [0.25, 0.3) is 0 Å². The zero-order valence-electron chi connectivity index (χ0n) is 18.9. The minimum absolute atomic E-state index is 0.152. The summed E-state index contributed by atoms with van der Waals surface area (Å²) in [5, 5.41) is 0. The van der Waals surface area contributed by atoms with Crippen LogP contribution in [0.1, 0.15) is 46.8 Å². The van der Waals surface area contributed by atoms with E-state index in [-0.39, 0.29) is 5.41 Å². The van der Waals surface area contributed by atoms with Crippen LogP contribution in [-0.2, 0) is 6.37 Å². The molecule has 4 aliphatic rings. The number of hydrogen-bond acceptors (Lipinski definition) is 1. The van der Waals surface area contributed by atoms with Gasteiger partial charge in [0.2, 0.25) is 0 Å². The summed E-state index contributed by atoms with van der Waals surface area (Å²) in [7, 11) is 0. The summed E-state index contributed by atoms with van der Waals surface area (Å²) in [4.78, 5) is 4.54. The lowest BCUT2D eigenvalue weighted by molar-refractivity contribution is -0.0521. The van der Waals surface area contributed by atoms with Crippen molar-refractivity contribution in [2.45, 2.75) is 44.9 Å². The highest BCUT2D eigenvalue weighted by atomic mass is 14.7. The molecule has 0 radical (unpaired) electrons. The van der Waals surface area contributed by atoms with Crippen LogP contribution in [0.25, 0.3) is 22.4 Å². The third-order valence-corrected chi connectivity index (χ3v) is 7.50. The van der Waals surface area contributed by atoms with Gasteiger partial charge in [-0.1, -0.05) is 54.6 Å². The summed E-state index contributed by atoms with van der Waals surface area (Å²) < 4.78 is 18.4. The van der Waals surface area contributed by atoms with Crippen molar-refractivity contribution in [2.24, 2.45) is 23.2 Å². The standard InChI is InChI=1S/C28H29N/c1-2-4-25(5-3-1)27-15-26(10-11-29-27)24-8-6-20(7-9-24)16-28-17-21-12-22(18-28)14-23(13-21)19-28/h1-11,15,21-23H,12-14,16-19H2/i16D2. The van der Waals surface area contributed by atoms with E-state index in [1.807, 2.05) is 42.6 Å². The molecule has 29 heavy (non-hydrogen) atoms. The Morgan fingerprint density at radius 3 is 2.07 bits per heavy atom. The van der Waals surface area contributed by atoms with Crippen molar-refractivity contribution in [1.82, 2.24) is 4.98 Å². The molecule has 1 heterocycles. The third kappa shape index (κ3) is 3.31. The van der Waals surface area contributed by atoms with Crippen molar-refractivity contribution in [3.8, 4) is 22.4 Å². The predicted octanol–water partition coefficient (Wildman–Crippen LogP) is 7.17. The Bertz CT molecular complexity index is 1050. The Hall–Kier alpha value is -2.41. The van der Waals surface area contributed by atoms with Gasteiger partial charge in [0, 0.05) is 14.5 Å². The molecule has 0 aliphatic heterocycles. The topological polar surface area (TPSA) is 12.9 Å². The smallest absolute Gasteiger partial charge is 0.0708 e. The molecule has 0 unspecified atom stereocenters. The number of pyridine rings is 1. The highest BCUT2D eigenvalue weighted by Gasteiger charge is 2.50. The molecule has 0 atom stereocenters. The Labute approximate surface area is 177 Å². The van der Waals surface area contributed by atoms with E-state index in [9.17, 15) is 2.74 Å². The Morgan fingerprint density at radius 2 is 1.41 bits per heavy atom. The van der Waals surface area contributed by atoms with Gasteiger partial charge in [0.05, 0.1) is 5.69 Å². The van der Waals surface area contributed by atoms with Crippen LogP contribution in [0.3, 0.4) is 0 Å². The minimum Gasteiger partial charge on any atom is -0.256 e. The predicted molar refractivity (Wildman–Crippen MR) is 119 cm³/mol. The Morgan fingerprint density at radius 1 is 0.759 bits per heavy atom. The number of rotatable bonds is 4. The molecule has 4 saturated carbocycles. The second-order valence-electron chi connectivity index (χ2n) is 9.70. The minimum atomic E-state index is -1.25. The van der Waals surface area contributed by atoms with Crippen LogP contribution in [0.2, 0.25) is 0 Å². The molecule has 0 N–H and O–H groups in total. The van der Waals surface area contributed by atoms with Crippen molar-refractivity contribution >= 4 is 0 Å². The van der Waals surface area contributed by atoms with E-state index in [4.69, 9.17) is 0 Å². The van der Waals surface area contributed by atoms with E-state index in [2.05, 4.69) is 35.3 Å². The molecular formula is C28H29N. The van der Waals surface area contributed by atoms with Crippen LogP contribution in [-0.4, -0.2) is 4.98 Å². The highest BCUT2D eigenvalue weighted by Crippen LogP contribution is 2.61. The molecule has 7 rings (SSSR count). The van der Waals surface area contributed by atoms with Crippen molar-refractivity contribution in [3.05, 3.63) is 78.5 Å². The second kappa shape index (κ2) is 6.83. The summed E-state index contributed by atoms with van der Waals surface area (Å²) in [6.45, 7) is 0. The molecular weight excluding hydrogens is 350 g/mol. The number of hydrogen-bond donors (Lipinski definition) is 0. The lowest BCUT2D eigenvalue weighted by Crippen LogP contribution is -2.47. The van der Waals surface area contributed by atoms with Gasteiger partial charge in [-0.3, -0.25) is 4.98 Å². The van der Waals surface area contributed by atoms with Crippen LogP contribution >= 0.6 is 0 Å². The number of nitrogens with zero attached hydrogens (tertiary/aromatic N) is 1. The zero-order chi connectivity index (χ0) is 21.1. The molecule has 2 aromatic carbocycles. The van der Waals surface area contributed by atoms with Crippen LogP contribution in [0, 0.1) is 23.2 Å². The van der Waals surface area contributed by atoms with Gasteiger partial charge in [-0.2, -0.15) is 0 Å². The van der Waals surface area contributed by atoms with Gasteiger partial charge in [-0.15, -0.1) is 0 Å². The van der Waals surface area contributed by atoms with Crippen molar-refractivity contribution < 1.29 is 2.74 Å². The van der Waals surface area contributed by atoms with Crippen LogP contribution in [0.15, 0.2) is 72.9 Å². The fourth-order valence-electron chi connectivity index (χ4n) is 6.69. The maximum Gasteiger partial charge on any atom is 0.0708 e. The highest BCUT2D eigenvalue weighted by molar-refractivity contribution is 5.70. The molecule has 1 nitrogen and oxygen atoms in total. The monoisotopic (exact) mass is 381 g/mol. The molecule has 4 fully saturated rings. The lowest BCUT2D eigenvalue weighted by Gasteiger charge is -2.57. The second-order valence-corrected chi connectivity index (χ2v) is 9.70. The zero-order valence-corrected chi connectivity index (χ0v) is 16.9. The molecule has 0 amide bonds. The summed E-state index contributed by atoms with van der Waals surface area (Å²) in [6, 6.07) is 22.7. The van der Waals surface area contributed by atoms with Crippen LogP contribution < -0.4 is 0 Å². The van der Waals surface area contributed by atoms with E-state index in [0.29, 0.717) is 0 Å². The fraction of sp³-hybridized carbons (Fsp3) is 0.393. The first kappa shape index (κ1) is 15.4. The molecule has 146 valence electrons. The maximum atomic E-state index is 9.22. The lowest BCUT2D eigenvalue weighted by atomic mass is 9.48. The van der Waals surface area contributed by atoms with Gasteiger partial charge in [-0.05, 0) is 96.9 Å². The largest absolute Gasteiger partial charge is 0.256 e. The SMILES string of the molecule is [2H]C([2H])(c1ccc(-c2ccnc(-c3ccccc3)c2)cc1)C12CC3CC(CC(C3)C1)C2. The Balaban J connectivity index is 1.30. The molecule has 4 aliphatic carbocycles. The van der Waals surface area contributed by atoms with Gasteiger partial charge in [0.1, 0.15) is 0 Å². The maximum absolute atomic E-state index is 9.22. The average Bonchev–Trinajstić information content (AvgIpc) is 2.79. The average molecular weight is 382 g/mol. The van der Waals surface area contributed by atoms with E-state index in [0.717, 1.165) is 65.0 Å². The van der Waals surface area contributed by atoms with E-state index < -0.39 is 6.37 Å². The van der Waals surface area contributed by atoms with Crippen LogP contribution in [0.4, 0.5) is 0 Å². The summed E-state index contributed by atoms with van der Waals surface area (Å²) >= 11 is 0. The molecule has 0 spiro atoms. The quantitative estimate of drug-likeness (QED) is 0.466. The van der Waals surface area contributed by atoms with Crippen molar-refractivity contribution in [1.29, 1.82) is 0 Å². The van der Waals surface area contributed by atoms with Crippen LogP contribution in [0.5, 0.6) is 0 Å². The molecule has 1 aromatic heterocycles. The van der Waals surface area contributed by atoms with Gasteiger partial charge in [0.15, 0.2) is 0 Å². The van der Waals surface area contributed by atoms with E-state index in [1.54, 1.807) is 0 Å². The van der Waals surface area contributed by atoms with Gasteiger partial charge < -0.3 is 0 Å². The first-order valence-corrected chi connectivity index (χ1v) is 11.1. The summed E-state index contributed by atoms with van der Waals surface area (Å²) in [6.07, 6.45) is 7.89.